The smallest absolute Gasteiger partial charge is 0.138 e. The number of hydrogen-bond donors (Lipinski definition) is 1. The van der Waals surface area contributed by atoms with Gasteiger partial charge in [0.15, 0.2) is 0 Å². The number of nitrogens with zero attached hydrogens (tertiary/aromatic N) is 3. The summed E-state index contributed by atoms with van der Waals surface area (Å²) in [7, 11) is 0. The number of rotatable bonds is 3. The van der Waals surface area contributed by atoms with Crippen molar-refractivity contribution in [3.05, 3.63) is 41.4 Å². The first kappa shape index (κ1) is 14.8. The molecule has 3 heterocycles. The van der Waals surface area contributed by atoms with Crippen molar-refractivity contribution >= 4 is 11.6 Å². The second-order valence-corrected chi connectivity index (χ2v) is 5.39. The fourth-order valence-corrected chi connectivity index (χ4v) is 1.90. The summed E-state index contributed by atoms with van der Waals surface area (Å²) in [6, 6.07) is 5.84. The quantitative estimate of drug-likeness (QED) is 0.945. The lowest BCUT2D eigenvalue weighted by molar-refractivity contribution is 0.103. The summed E-state index contributed by atoms with van der Waals surface area (Å²) in [5.74, 6) is 1.06. The van der Waals surface area contributed by atoms with Crippen LogP contribution in [-0.2, 0) is 13.2 Å². The van der Waals surface area contributed by atoms with E-state index in [0.29, 0.717) is 13.2 Å². The zero-order chi connectivity index (χ0) is 14.5. The summed E-state index contributed by atoms with van der Waals surface area (Å²) < 4.78 is 6.81. The number of fused-ring (bicyclic) bond motifs is 3. The maximum atomic E-state index is 9.41. The first-order chi connectivity index (χ1) is 9.56. The van der Waals surface area contributed by atoms with Crippen LogP contribution in [0.15, 0.2) is 30.9 Å². The van der Waals surface area contributed by atoms with Gasteiger partial charge >= 0.3 is 0 Å². The van der Waals surface area contributed by atoms with Gasteiger partial charge in [-0.1, -0.05) is 31.5 Å². The Morgan fingerprint density at radius 1 is 1.45 bits per heavy atom. The molecular formula is C14H18ClN3O2. The SMILES string of the molecule is CC(C)C(O)Cn1cncn1.Clc1cc2ccc1OC2. The predicted molar refractivity (Wildman–Crippen MR) is 76.7 cm³/mol. The van der Waals surface area contributed by atoms with Crippen molar-refractivity contribution in [2.75, 3.05) is 0 Å². The molecule has 1 unspecified atom stereocenters. The predicted octanol–water partition coefficient (Wildman–Crippen LogP) is 2.53. The Hall–Kier alpha value is -1.59. The van der Waals surface area contributed by atoms with Crippen LogP contribution in [0.3, 0.4) is 0 Å². The van der Waals surface area contributed by atoms with Gasteiger partial charge in [-0.25, -0.2) is 4.98 Å². The van der Waals surface area contributed by atoms with Gasteiger partial charge in [-0.3, -0.25) is 4.68 Å². The van der Waals surface area contributed by atoms with Crippen LogP contribution in [0, 0.1) is 5.92 Å². The maximum absolute atomic E-state index is 9.41. The van der Waals surface area contributed by atoms with Crippen molar-refractivity contribution in [2.24, 2.45) is 5.92 Å². The zero-order valence-electron chi connectivity index (χ0n) is 11.5. The van der Waals surface area contributed by atoms with Crippen LogP contribution < -0.4 is 4.74 Å². The average Bonchev–Trinajstić information content (AvgIpc) is 2.93. The topological polar surface area (TPSA) is 60.2 Å². The molecule has 0 fully saturated rings. The first-order valence-corrected chi connectivity index (χ1v) is 6.85. The lowest BCUT2D eigenvalue weighted by Gasteiger charge is -2.14. The third kappa shape index (κ3) is 3.95. The average molecular weight is 296 g/mol. The Morgan fingerprint density at radius 3 is 2.60 bits per heavy atom. The number of aromatic nitrogens is 3. The number of ether oxygens (including phenoxy) is 1. The van der Waals surface area contributed by atoms with Crippen LogP contribution in [0.2, 0.25) is 5.02 Å². The number of halogens is 1. The van der Waals surface area contributed by atoms with Crippen LogP contribution in [-0.4, -0.2) is 26.0 Å². The van der Waals surface area contributed by atoms with Crippen molar-refractivity contribution in [3.63, 3.8) is 0 Å². The molecule has 1 atom stereocenters. The summed E-state index contributed by atoms with van der Waals surface area (Å²) >= 11 is 5.74. The molecule has 20 heavy (non-hydrogen) atoms. The van der Waals surface area contributed by atoms with Crippen LogP contribution in [0.25, 0.3) is 0 Å². The minimum atomic E-state index is -0.336. The van der Waals surface area contributed by atoms with Gasteiger partial charge in [-0.15, -0.1) is 0 Å². The number of benzene rings is 1. The molecule has 0 amide bonds. The molecule has 2 aliphatic rings. The minimum Gasteiger partial charge on any atom is -0.487 e. The highest BCUT2D eigenvalue weighted by atomic mass is 35.5. The highest BCUT2D eigenvalue weighted by Crippen LogP contribution is 2.30. The third-order valence-electron chi connectivity index (χ3n) is 3.00. The molecule has 1 N–H and O–H groups in total. The Kier molecular flexibility index (Phi) is 4.98. The van der Waals surface area contributed by atoms with Gasteiger partial charge in [0.05, 0.1) is 17.7 Å². The second kappa shape index (κ2) is 6.72. The standard InChI is InChI=1S/C7H5ClO.C7H13N3O/c8-6-3-5-1-2-7(6)9-4-5;1-6(2)7(11)3-10-5-8-4-9-10/h1-3H,4H2;4-7,11H,3H2,1-2H3. The second-order valence-electron chi connectivity index (χ2n) is 4.98. The maximum Gasteiger partial charge on any atom is 0.138 e. The molecule has 0 saturated carbocycles. The molecular weight excluding hydrogens is 278 g/mol. The normalized spacial score (nSPS) is 13.7. The summed E-state index contributed by atoms with van der Waals surface area (Å²) in [5.41, 5.74) is 1.15. The molecule has 5 nitrogen and oxygen atoms in total. The summed E-state index contributed by atoms with van der Waals surface area (Å²) in [6.45, 7) is 5.16. The molecule has 0 aliphatic carbocycles. The van der Waals surface area contributed by atoms with Crippen LogP contribution >= 0.6 is 11.6 Å². The van der Waals surface area contributed by atoms with Crippen LogP contribution in [0.5, 0.6) is 5.75 Å². The van der Waals surface area contributed by atoms with Crippen molar-refractivity contribution in [1.29, 1.82) is 0 Å². The molecule has 4 rings (SSSR count). The van der Waals surface area contributed by atoms with E-state index in [1.54, 1.807) is 11.0 Å². The van der Waals surface area contributed by atoms with E-state index in [9.17, 15) is 5.11 Å². The highest BCUT2D eigenvalue weighted by Gasteiger charge is 2.09. The lowest BCUT2D eigenvalue weighted by atomic mass is 10.1. The molecule has 2 aromatic rings. The Labute approximate surface area is 123 Å². The number of aliphatic hydroxyl groups is 1. The van der Waals surface area contributed by atoms with E-state index in [1.807, 2.05) is 32.0 Å². The van der Waals surface area contributed by atoms with Gasteiger partial charge in [-0.05, 0) is 23.6 Å². The van der Waals surface area contributed by atoms with E-state index in [2.05, 4.69) is 10.1 Å². The Morgan fingerprint density at radius 2 is 2.25 bits per heavy atom. The van der Waals surface area contributed by atoms with Crippen molar-refractivity contribution < 1.29 is 9.84 Å². The van der Waals surface area contributed by atoms with E-state index in [0.717, 1.165) is 16.3 Å². The monoisotopic (exact) mass is 295 g/mol. The van der Waals surface area contributed by atoms with Gasteiger partial charge in [-0.2, -0.15) is 5.10 Å². The van der Waals surface area contributed by atoms with Gasteiger partial charge < -0.3 is 9.84 Å². The van der Waals surface area contributed by atoms with E-state index in [4.69, 9.17) is 16.3 Å². The number of hydrogen-bond acceptors (Lipinski definition) is 4. The van der Waals surface area contributed by atoms with E-state index < -0.39 is 0 Å². The molecule has 0 saturated heterocycles. The Bertz CT molecular complexity index is 543. The molecule has 1 aromatic carbocycles. The summed E-state index contributed by atoms with van der Waals surface area (Å²) in [6.07, 6.45) is 2.73. The molecule has 0 radical (unpaired) electrons. The zero-order valence-corrected chi connectivity index (χ0v) is 12.3. The van der Waals surface area contributed by atoms with E-state index in [-0.39, 0.29) is 12.0 Å². The van der Waals surface area contributed by atoms with Crippen LogP contribution in [0.1, 0.15) is 19.4 Å². The van der Waals surface area contributed by atoms with Crippen molar-refractivity contribution in [2.45, 2.75) is 33.1 Å². The first-order valence-electron chi connectivity index (χ1n) is 6.48. The van der Waals surface area contributed by atoms with Crippen molar-refractivity contribution in [1.82, 2.24) is 14.8 Å². The van der Waals surface area contributed by atoms with Crippen LogP contribution in [0.4, 0.5) is 0 Å². The summed E-state index contributed by atoms with van der Waals surface area (Å²) in [4.78, 5) is 3.78. The summed E-state index contributed by atoms with van der Waals surface area (Å²) in [5, 5.41) is 14.0. The molecule has 108 valence electrons. The van der Waals surface area contributed by atoms with Crippen molar-refractivity contribution in [3.8, 4) is 5.75 Å². The molecule has 6 heteroatoms. The molecule has 1 aromatic heterocycles. The molecule has 0 spiro atoms. The lowest BCUT2D eigenvalue weighted by Crippen LogP contribution is -2.21. The van der Waals surface area contributed by atoms with Gasteiger partial charge in [0.2, 0.25) is 0 Å². The minimum absolute atomic E-state index is 0.263. The number of aliphatic hydroxyl groups excluding tert-OH is 1. The largest absolute Gasteiger partial charge is 0.487 e. The molecule has 2 bridgehead atoms. The van der Waals surface area contributed by atoms with Gasteiger partial charge in [0.25, 0.3) is 0 Å². The Balaban J connectivity index is 0.000000149. The highest BCUT2D eigenvalue weighted by molar-refractivity contribution is 6.32. The third-order valence-corrected chi connectivity index (χ3v) is 3.30. The van der Waals surface area contributed by atoms with E-state index >= 15 is 0 Å². The van der Waals surface area contributed by atoms with Gasteiger partial charge in [0.1, 0.15) is 25.0 Å². The molecule has 2 aliphatic heterocycles. The van der Waals surface area contributed by atoms with Gasteiger partial charge in [0, 0.05) is 0 Å². The fourth-order valence-electron chi connectivity index (χ4n) is 1.64. The van der Waals surface area contributed by atoms with E-state index in [1.165, 1.54) is 6.33 Å². The fraction of sp³-hybridized carbons (Fsp3) is 0.429.